The summed E-state index contributed by atoms with van der Waals surface area (Å²) in [6.45, 7) is 3.54. The van der Waals surface area contributed by atoms with Gasteiger partial charge in [0.25, 0.3) is 0 Å². The fourth-order valence-electron chi connectivity index (χ4n) is 1.92. The minimum Gasteiger partial charge on any atom is -0.309 e. The Morgan fingerprint density at radius 2 is 1.00 bits per heavy atom. The van der Waals surface area contributed by atoms with Gasteiger partial charge in [-0.1, -0.05) is 64.7 Å². The van der Waals surface area contributed by atoms with Gasteiger partial charge < -0.3 is 4.90 Å². The van der Waals surface area contributed by atoms with E-state index in [4.69, 9.17) is 0 Å². The molecule has 0 rings (SSSR count). The predicted octanol–water partition coefficient (Wildman–Crippen LogP) is 4.09. The Labute approximate surface area is 126 Å². The molecule has 0 bridgehead atoms. The fraction of sp³-hybridized carbons (Fsp3) is 1.00. The van der Waals surface area contributed by atoms with Crippen molar-refractivity contribution in [3.05, 3.63) is 0 Å². The van der Waals surface area contributed by atoms with Crippen LogP contribution >= 0.6 is 0 Å². The van der Waals surface area contributed by atoms with Gasteiger partial charge in [-0.25, -0.2) is 0 Å². The molecule has 0 unspecified atom stereocenters. The molecule has 93 valence electrons. The van der Waals surface area contributed by atoms with Gasteiger partial charge in [0.05, 0.1) is 0 Å². The van der Waals surface area contributed by atoms with Gasteiger partial charge in [0.1, 0.15) is 0 Å². The topological polar surface area (TPSA) is 3.24 Å². The van der Waals surface area contributed by atoms with Crippen LogP contribution in [-0.4, -0.2) is 55.1 Å². The smallest absolute Gasteiger partial charge is 0 e. The summed E-state index contributed by atoms with van der Waals surface area (Å²) in [6, 6.07) is 0. The molecule has 0 aliphatic rings. The summed E-state index contributed by atoms with van der Waals surface area (Å²) >= 11 is 0. The first kappa shape index (κ1) is 19.3. The standard InChI is InChI=1S/C14H31N.Na/c1-4-5-6-7-8-9-10-11-12-13-14-15(2)3;/h4-14H2,1-3H3;. The van der Waals surface area contributed by atoms with Crippen molar-refractivity contribution in [3.8, 4) is 0 Å². The zero-order valence-corrected chi connectivity index (χ0v) is 14.2. The molecule has 0 aromatic carbocycles. The third kappa shape index (κ3) is 17.4. The van der Waals surface area contributed by atoms with E-state index in [0.29, 0.717) is 0 Å². The third-order valence-corrected chi connectivity index (χ3v) is 2.96. The largest absolute Gasteiger partial charge is 0.309 e. The van der Waals surface area contributed by atoms with Crippen molar-refractivity contribution in [2.75, 3.05) is 20.6 Å². The van der Waals surface area contributed by atoms with Crippen LogP contribution in [0, 0.1) is 0 Å². The van der Waals surface area contributed by atoms with Gasteiger partial charge in [0, 0.05) is 29.6 Å². The summed E-state index contributed by atoms with van der Waals surface area (Å²) in [5, 5.41) is 0. The monoisotopic (exact) mass is 236 g/mol. The second kappa shape index (κ2) is 16.0. The maximum atomic E-state index is 2.28. The van der Waals surface area contributed by atoms with Crippen LogP contribution in [0.2, 0.25) is 0 Å². The van der Waals surface area contributed by atoms with Crippen LogP contribution in [0.25, 0.3) is 0 Å². The summed E-state index contributed by atoms with van der Waals surface area (Å²) in [5.74, 6) is 0. The van der Waals surface area contributed by atoms with Gasteiger partial charge in [-0.15, -0.1) is 0 Å². The van der Waals surface area contributed by atoms with Crippen LogP contribution in [0.1, 0.15) is 71.1 Å². The van der Waals surface area contributed by atoms with Crippen molar-refractivity contribution in [1.29, 1.82) is 0 Å². The van der Waals surface area contributed by atoms with Gasteiger partial charge in [0.15, 0.2) is 0 Å². The van der Waals surface area contributed by atoms with Crippen molar-refractivity contribution in [3.63, 3.8) is 0 Å². The number of hydrogen-bond acceptors (Lipinski definition) is 1. The van der Waals surface area contributed by atoms with Crippen molar-refractivity contribution in [2.24, 2.45) is 0 Å². The number of unbranched alkanes of at least 4 members (excludes halogenated alkanes) is 9. The van der Waals surface area contributed by atoms with Crippen LogP contribution in [0.5, 0.6) is 0 Å². The molecule has 0 aliphatic heterocycles. The molecule has 0 amide bonds. The van der Waals surface area contributed by atoms with Gasteiger partial charge in [0.2, 0.25) is 0 Å². The third-order valence-electron chi connectivity index (χ3n) is 2.96. The molecule has 1 nitrogen and oxygen atoms in total. The maximum Gasteiger partial charge on any atom is 0 e. The maximum absolute atomic E-state index is 2.28. The van der Waals surface area contributed by atoms with Gasteiger partial charge in [-0.05, 0) is 27.1 Å². The first-order chi connectivity index (χ1) is 7.27. The van der Waals surface area contributed by atoms with Crippen LogP contribution in [-0.2, 0) is 0 Å². The zero-order chi connectivity index (χ0) is 11.4. The summed E-state index contributed by atoms with van der Waals surface area (Å²) in [6.07, 6.45) is 14.4. The molecule has 2 heteroatoms. The molecule has 1 radical (unpaired) electrons. The summed E-state index contributed by atoms with van der Waals surface area (Å²) in [7, 11) is 4.32. The molecule has 0 saturated heterocycles. The van der Waals surface area contributed by atoms with Crippen LogP contribution in [0.3, 0.4) is 0 Å². The quantitative estimate of drug-likeness (QED) is 0.386. The molecule has 0 fully saturated rings. The molecular formula is C14H31NNa. The molecular weight excluding hydrogens is 205 g/mol. The van der Waals surface area contributed by atoms with Crippen molar-refractivity contribution in [2.45, 2.75) is 71.1 Å². The van der Waals surface area contributed by atoms with E-state index in [1.807, 2.05) is 0 Å². The predicted molar refractivity (Wildman–Crippen MR) is 76.2 cm³/mol. The van der Waals surface area contributed by atoms with Crippen molar-refractivity contribution in [1.82, 2.24) is 4.90 Å². The number of nitrogens with zero attached hydrogens (tertiary/aromatic N) is 1. The Hall–Kier alpha value is 0.960. The normalized spacial score (nSPS) is 10.5. The molecule has 0 saturated carbocycles. The van der Waals surface area contributed by atoms with Crippen LogP contribution in [0.15, 0.2) is 0 Å². The average Bonchev–Trinajstić information content (AvgIpc) is 2.20. The molecule has 0 aromatic rings. The molecule has 0 atom stereocenters. The Morgan fingerprint density at radius 1 is 0.625 bits per heavy atom. The van der Waals surface area contributed by atoms with E-state index in [1.165, 1.54) is 70.8 Å². The molecule has 0 heterocycles. The minimum absolute atomic E-state index is 0. The van der Waals surface area contributed by atoms with Gasteiger partial charge in [-0.2, -0.15) is 0 Å². The van der Waals surface area contributed by atoms with E-state index in [0.717, 1.165) is 0 Å². The Bertz CT molecular complexity index is 115. The second-order valence-corrected chi connectivity index (χ2v) is 4.99. The summed E-state index contributed by atoms with van der Waals surface area (Å²) < 4.78 is 0. The zero-order valence-electron chi connectivity index (χ0n) is 12.2. The molecule has 0 aromatic heterocycles. The van der Waals surface area contributed by atoms with E-state index < -0.39 is 0 Å². The first-order valence-corrected chi connectivity index (χ1v) is 6.92. The van der Waals surface area contributed by atoms with Crippen LogP contribution < -0.4 is 0 Å². The Balaban J connectivity index is 0. The Kier molecular flexibility index (Phi) is 19.3. The molecule has 0 N–H and O–H groups in total. The van der Waals surface area contributed by atoms with E-state index >= 15 is 0 Å². The fourth-order valence-corrected chi connectivity index (χ4v) is 1.92. The number of rotatable bonds is 11. The number of hydrogen-bond donors (Lipinski definition) is 0. The van der Waals surface area contributed by atoms with Crippen LogP contribution in [0.4, 0.5) is 0 Å². The van der Waals surface area contributed by atoms with Crippen molar-refractivity contribution < 1.29 is 0 Å². The van der Waals surface area contributed by atoms with Gasteiger partial charge >= 0.3 is 0 Å². The second-order valence-electron chi connectivity index (χ2n) is 4.99. The van der Waals surface area contributed by atoms with E-state index in [1.54, 1.807) is 0 Å². The molecule has 0 aliphatic carbocycles. The summed E-state index contributed by atoms with van der Waals surface area (Å²) in [5.41, 5.74) is 0. The minimum atomic E-state index is 0. The first-order valence-electron chi connectivity index (χ1n) is 6.92. The van der Waals surface area contributed by atoms with E-state index in [-0.39, 0.29) is 29.6 Å². The van der Waals surface area contributed by atoms with E-state index in [9.17, 15) is 0 Å². The van der Waals surface area contributed by atoms with E-state index in [2.05, 4.69) is 25.9 Å². The summed E-state index contributed by atoms with van der Waals surface area (Å²) in [4.78, 5) is 2.28. The molecule has 16 heavy (non-hydrogen) atoms. The average molecular weight is 236 g/mol. The van der Waals surface area contributed by atoms with Crippen molar-refractivity contribution >= 4 is 29.6 Å². The van der Waals surface area contributed by atoms with Gasteiger partial charge in [-0.3, -0.25) is 0 Å². The Morgan fingerprint density at radius 3 is 1.38 bits per heavy atom. The SMILES string of the molecule is CCCCCCCCCCCCN(C)C.[Na]. The molecule has 0 spiro atoms.